The summed E-state index contributed by atoms with van der Waals surface area (Å²) in [6.07, 6.45) is 2.02. The molecule has 0 aliphatic carbocycles. The fraction of sp³-hybridized carbons (Fsp3) is 0.316. The Balaban J connectivity index is 1.83. The molecule has 1 N–H and O–H groups in total. The molecule has 0 atom stereocenters. The Morgan fingerprint density at radius 3 is 2.09 bits per heavy atom. The quantitative estimate of drug-likeness (QED) is 0.852. The highest BCUT2D eigenvalue weighted by Gasteiger charge is 2.05. The molecule has 0 bridgehead atoms. The van der Waals surface area contributed by atoms with Crippen molar-refractivity contribution >= 4 is 5.91 Å². The van der Waals surface area contributed by atoms with Crippen molar-refractivity contribution in [2.75, 3.05) is 27.2 Å². The Hall–Kier alpha value is -2.13. The monoisotopic (exact) mass is 296 g/mol. The first-order valence-corrected chi connectivity index (χ1v) is 7.71. The summed E-state index contributed by atoms with van der Waals surface area (Å²) in [5.74, 6) is -0.00328. The summed E-state index contributed by atoms with van der Waals surface area (Å²) in [6.45, 7) is 1.52. The van der Waals surface area contributed by atoms with Gasteiger partial charge in [-0.15, -0.1) is 0 Å². The van der Waals surface area contributed by atoms with E-state index in [-0.39, 0.29) is 5.91 Å². The minimum atomic E-state index is -0.00328. The van der Waals surface area contributed by atoms with Gasteiger partial charge in [-0.25, -0.2) is 0 Å². The lowest BCUT2D eigenvalue weighted by Gasteiger charge is -2.10. The summed E-state index contributed by atoms with van der Waals surface area (Å²) in [5, 5.41) is 2.93. The van der Waals surface area contributed by atoms with Crippen LogP contribution >= 0.6 is 0 Å². The highest BCUT2D eigenvalue weighted by Crippen LogP contribution is 2.09. The molecule has 3 heteroatoms. The number of nitrogens with one attached hydrogen (secondary N) is 1. The summed E-state index contributed by atoms with van der Waals surface area (Å²) >= 11 is 0. The molecule has 1 amide bonds. The van der Waals surface area contributed by atoms with E-state index in [2.05, 4.69) is 29.6 Å². The summed E-state index contributed by atoms with van der Waals surface area (Å²) < 4.78 is 0. The molecule has 3 nitrogen and oxygen atoms in total. The Bertz CT molecular complexity index is 576. The minimum Gasteiger partial charge on any atom is -0.351 e. The molecule has 2 aromatic carbocycles. The lowest BCUT2D eigenvalue weighted by molar-refractivity contribution is 0.0951. The Morgan fingerprint density at radius 2 is 1.50 bits per heavy atom. The first-order chi connectivity index (χ1) is 10.6. The zero-order chi connectivity index (χ0) is 15.8. The average Bonchev–Trinajstić information content (AvgIpc) is 2.54. The van der Waals surface area contributed by atoms with Gasteiger partial charge in [0, 0.05) is 18.7 Å². The summed E-state index contributed by atoms with van der Waals surface area (Å²) in [7, 11) is 3.99. The van der Waals surface area contributed by atoms with Gasteiger partial charge >= 0.3 is 0 Å². The zero-order valence-corrected chi connectivity index (χ0v) is 13.4. The topological polar surface area (TPSA) is 32.3 Å². The Labute approximate surface area is 133 Å². The molecule has 0 fully saturated rings. The van der Waals surface area contributed by atoms with Gasteiger partial charge in [-0.05, 0) is 50.2 Å². The average molecular weight is 296 g/mol. The van der Waals surface area contributed by atoms with Crippen LogP contribution in [-0.2, 0) is 12.8 Å². The summed E-state index contributed by atoms with van der Waals surface area (Å²) in [4.78, 5) is 14.0. The minimum absolute atomic E-state index is 0.00328. The van der Waals surface area contributed by atoms with Crippen LogP contribution in [0.5, 0.6) is 0 Å². The van der Waals surface area contributed by atoms with Crippen LogP contribution in [0, 0.1) is 0 Å². The van der Waals surface area contributed by atoms with Crippen molar-refractivity contribution in [2.45, 2.75) is 12.8 Å². The van der Waals surface area contributed by atoms with Crippen LogP contribution in [0.15, 0.2) is 54.6 Å². The molecule has 22 heavy (non-hydrogen) atoms. The van der Waals surface area contributed by atoms with Gasteiger partial charge in [-0.2, -0.15) is 0 Å². The van der Waals surface area contributed by atoms with Crippen LogP contribution in [0.25, 0.3) is 0 Å². The fourth-order valence-electron chi connectivity index (χ4n) is 2.25. The number of likely N-dealkylation sites (N-methyl/N-ethyl adjacent to an activating group) is 1. The van der Waals surface area contributed by atoms with Gasteiger partial charge in [0.2, 0.25) is 0 Å². The molecule has 0 unspecified atom stereocenters. The Kier molecular flexibility index (Phi) is 6.16. The molecule has 0 saturated carbocycles. The van der Waals surface area contributed by atoms with E-state index in [1.165, 1.54) is 11.1 Å². The second kappa shape index (κ2) is 8.35. The van der Waals surface area contributed by atoms with Gasteiger partial charge in [0.1, 0.15) is 0 Å². The number of benzene rings is 2. The SMILES string of the molecule is CN(C)CCNC(=O)c1ccc(CCc2ccccc2)cc1. The maximum atomic E-state index is 12.0. The molecular formula is C19H24N2O. The van der Waals surface area contributed by atoms with Crippen molar-refractivity contribution in [1.82, 2.24) is 10.2 Å². The van der Waals surface area contributed by atoms with Crippen molar-refractivity contribution in [3.63, 3.8) is 0 Å². The van der Waals surface area contributed by atoms with Crippen molar-refractivity contribution < 1.29 is 4.79 Å². The molecule has 0 aliphatic rings. The van der Waals surface area contributed by atoms with E-state index in [1.54, 1.807) is 0 Å². The summed E-state index contributed by atoms with van der Waals surface area (Å²) in [6, 6.07) is 18.4. The van der Waals surface area contributed by atoms with E-state index >= 15 is 0 Å². The fourth-order valence-corrected chi connectivity index (χ4v) is 2.25. The number of nitrogens with zero attached hydrogens (tertiary/aromatic N) is 1. The van der Waals surface area contributed by atoms with Gasteiger partial charge in [0.05, 0.1) is 0 Å². The van der Waals surface area contributed by atoms with E-state index in [0.717, 1.165) is 24.9 Å². The number of carbonyl (C=O) groups is 1. The number of rotatable bonds is 7. The third-order valence-electron chi connectivity index (χ3n) is 3.61. The van der Waals surface area contributed by atoms with Gasteiger partial charge in [-0.1, -0.05) is 42.5 Å². The van der Waals surface area contributed by atoms with Crippen LogP contribution in [0.2, 0.25) is 0 Å². The number of hydrogen-bond donors (Lipinski definition) is 1. The molecule has 2 rings (SSSR count). The maximum Gasteiger partial charge on any atom is 0.251 e. The van der Waals surface area contributed by atoms with Crippen LogP contribution in [0.1, 0.15) is 21.5 Å². The molecule has 0 aromatic heterocycles. The first-order valence-electron chi connectivity index (χ1n) is 7.71. The molecule has 0 aliphatic heterocycles. The van der Waals surface area contributed by atoms with E-state index in [9.17, 15) is 4.79 Å². The number of amides is 1. The maximum absolute atomic E-state index is 12.0. The van der Waals surface area contributed by atoms with Crippen LogP contribution in [-0.4, -0.2) is 38.0 Å². The Morgan fingerprint density at radius 1 is 0.909 bits per heavy atom. The third-order valence-corrected chi connectivity index (χ3v) is 3.61. The van der Waals surface area contributed by atoms with Gasteiger partial charge in [-0.3, -0.25) is 4.79 Å². The van der Waals surface area contributed by atoms with Gasteiger partial charge in [0.25, 0.3) is 5.91 Å². The molecule has 0 saturated heterocycles. The van der Waals surface area contributed by atoms with E-state index < -0.39 is 0 Å². The van der Waals surface area contributed by atoms with Crippen LogP contribution in [0.3, 0.4) is 0 Å². The lowest BCUT2D eigenvalue weighted by Crippen LogP contribution is -2.31. The van der Waals surface area contributed by atoms with Crippen molar-refractivity contribution in [3.8, 4) is 0 Å². The highest BCUT2D eigenvalue weighted by atomic mass is 16.1. The predicted molar refractivity (Wildman–Crippen MR) is 91.2 cm³/mol. The third kappa shape index (κ3) is 5.34. The van der Waals surface area contributed by atoms with Crippen molar-refractivity contribution in [3.05, 3.63) is 71.3 Å². The van der Waals surface area contributed by atoms with Crippen LogP contribution < -0.4 is 5.32 Å². The predicted octanol–water partition coefficient (Wildman–Crippen LogP) is 2.76. The van der Waals surface area contributed by atoms with Crippen molar-refractivity contribution in [1.29, 1.82) is 0 Å². The van der Waals surface area contributed by atoms with E-state index in [4.69, 9.17) is 0 Å². The number of hydrogen-bond acceptors (Lipinski definition) is 2. The molecule has 0 spiro atoms. The van der Waals surface area contributed by atoms with E-state index in [0.29, 0.717) is 6.54 Å². The lowest BCUT2D eigenvalue weighted by atomic mass is 10.0. The molecule has 0 radical (unpaired) electrons. The highest BCUT2D eigenvalue weighted by molar-refractivity contribution is 5.94. The summed E-state index contributed by atoms with van der Waals surface area (Å²) in [5.41, 5.74) is 3.32. The number of carbonyl (C=O) groups excluding carboxylic acids is 1. The standard InChI is InChI=1S/C19H24N2O/c1-21(2)15-14-20-19(22)18-12-10-17(11-13-18)9-8-16-6-4-3-5-7-16/h3-7,10-13H,8-9,14-15H2,1-2H3,(H,20,22). The van der Waals surface area contributed by atoms with E-state index in [1.807, 2.05) is 49.3 Å². The molecular weight excluding hydrogens is 272 g/mol. The van der Waals surface area contributed by atoms with Crippen LogP contribution in [0.4, 0.5) is 0 Å². The second-order valence-corrected chi connectivity index (χ2v) is 5.74. The van der Waals surface area contributed by atoms with Gasteiger partial charge in [0.15, 0.2) is 0 Å². The molecule has 116 valence electrons. The molecule has 2 aromatic rings. The second-order valence-electron chi connectivity index (χ2n) is 5.74. The van der Waals surface area contributed by atoms with Crippen molar-refractivity contribution in [2.24, 2.45) is 0 Å². The zero-order valence-electron chi connectivity index (χ0n) is 13.4. The smallest absolute Gasteiger partial charge is 0.251 e. The van der Waals surface area contributed by atoms with Gasteiger partial charge < -0.3 is 10.2 Å². The number of aryl methyl sites for hydroxylation is 2. The normalized spacial score (nSPS) is 10.7. The first kappa shape index (κ1) is 16.2. The molecule has 0 heterocycles. The largest absolute Gasteiger partial charge is 0.351 e.